The van der Waals surface area contributed by atoms with Crippen LogP contribution in [0.25, 0.3) is 0 Å². The van der Waals surface area contributed by atoms with Crippen LogP contribution in [-0.4, -0.2) is 9.97 Å². The van der Waals surface area contributed by atoms with Crippen LogP contribution in [0.5, 0.6) is 0 Å². The fraction of sp³-hybridized carbons (Fsp3) is 0.286. The van der Waals surface area contributed by atoms with Gasteiger partial charge in [0, 0.05) is 28.5 Å². The molecular formula is C14H15BrN4. The highest BCUT2D eigenvalue weighted by Gasteiger charge is 2.31. The summed E-state index contributed by atoms with van der Waals surface area (Å²) < 4.78 is 0.969. The van der Waals surface area contributed by atoms with Gasteiger partial charge in [-0.15, -0.1) is 0 Å². The lowest BCUT2D eigenvalue weighted by molar-refractivity contribution is 0.438. The standard InChI is InChI=1S/C14H15BrN4/c15-10-4-6-12(18-8-10)14(19-16)11-5-3-9-2-1-7-17-13(9)11/h1-2,4,6-8,11,14,19H,3,5,16H2. The lowest BCUT2D eigenvalue weighted by Gasteiger charge is -2.22. The summed E-state index contributed by atoms with van der Waals surface area (Å²) in [4.78, 5) is 8.97. The lowest BCUT2D eigenvalue weighted by atomic mass is 9.94. The van der Waals surface area contributed by atoms with Crippen molar-refractivity contribution in [1.29, 1.82) is 0 Å². The average Bonchev–Trinajstić information content (AvgIpc) is 2.86. The van der Waals surface area contributed by atoms with Gasteiger partial charge in [-0.25, -0.2) is 0 Å². The van der Waals surface area contributed by atoms with Gasteiger partial charge < -0.3 is 0 Å². The molecule has 0 radical (unpaired) electrons. The minimum atomic E-state index is 0.00394. The van der Waals surface area contributed by atoms with Gasteiger partial charge in [-0.2, -0.15) is 0 Å². The van der Waals surface area contributed by atoms with E-state index < -0.39 is 0 Å². The summed E-state index contributed by atoms with van der Waals surface area (Å²) in [5.41, 5.74) is 6.33. The molecule has 3 rings (SSSR count). The van der Waals surface area contributed by atoms with E-state index in [1.807, 2.05) is 24.4 Å². The van der Waals surface area contributed by atoms with Crippen LogP contribution in [0.3, 0.4) is 0 Å². The maximum atomic E-state index is 5.75. The number of hydrogen-bond acceptors (Lipinski definition) is 4. The van der Waals surface area contributed by atoms with Crippen molar-refractivity contribution >= 4 is 15.9 Å². The third-order valence-corrected chi connectivity index (χ3v) is 4.12. The molecule has 1 aliphatic rings. The second kappa shape index (κ2) is 5.36. The zero-order valence-electron chi connectivity index (χ0n) is 10.4. The van der Waals surface area contributed by atoms with Crippen LogP contribution in [0.2, 0.25) is 0 Å². The zero-order valence-corrected chi connectivity index (χ0v) is 12.0. The van der Waals surface area contributed by atoms with E-state index in [1.165, 1.54) is 5.56 Å². The normalized spacial score (nSPS) is 19.2. The quantitative estimate of drug-likeness (QED) is 0.674. The third kappa shape index (κ3) is 2.41. The van der Waals surface area contributed by atoms with E-state index in [0.717, 1.165) is 28.7 Å². The predicted octanol–water partition coefficient (Wildman–Crippen LogP) is 2.47. The molecule has 2 unspecified atom stereocenters. The Hall–Kier alpha value is -1.30. The molecule has 2 heterocycles. The Bertz CT molecular complexity index is 570. The van der Waals surface area contributed by atoms with Crippen LogP contribution < -0.4 is 11.3 Å². The minimum Gasteiger partial charge on any atom is -0.271 e. The van der Waals surface area contributed by atoms with Gasteiger partial charge in [0.15, 0.2) is 0 Å². The largest absolute Gasteiger partial charge is 0.271 e. The van der Waals surface area contributed by atoms with Crippen molar-refractivity contribution in [3.63, 3.8) is 0 Å². The van der Waals surface area contributed by atoms with Crippen molar-refractivity contribution in [2.45, 2.75) is 24.8 Å². The first kappa shape index (κ1) is 12.7. The molecule has 2 atom stereocenters. The van der Waals surface area contributed by atoms with Crippen molar-refractivity contribution in [2.75, 3.05) is 0 Å². The predicted molar refractivity (Wildman–Crippen MR) is 77.3 cm³/mol. The third-order valence-electron chi connectivity index (χ3n) is 3.65. The number of aryl methyl sites for hydroxylation is 1. The van der Waals surface area contributed by atoms with Gasteiger partial charge in [0.1, 0.15) is 0 Å². The summed E-state index contributed by atoms with van der Waals surface area (Å²) in [5.74, 6) is 6.04. The van der Waals surface area contributed by atoms with Gasteiger partial charge in [0.2, 0.25) is 0 Å². The summed E-state index contributed by atoms with van der Waals surface area (Å²) in [6.45, 7) is 0. The molecule has 0 aliphatic heterocycles. The molecule has 5 heteroatoms. The maximum absolute atomic E-state index is 5.75. The number of fused-ring (bicyclic) bond motifs is 1. The Balaban J connectivity index is 1.94. The van der Waals surface area contributed by atoms with E-state index in [-0.39, 0.29) is 12.0 Å². The van der Waals surface area contributed by atoms with Crippen molar-refractivity contribution < 1.29 is 0 Å². The molecule has 0 spiro atoms. The molecule has 1 aliphatic carbocycles. The van der Waals surface area contributed by atoms with E-state index in [9.17, 15) is 0 Å². The Kier molecular flexibility index (Phi) is 3.59. The number of rotatable bonds is 3. The fourth-order valence-electron chi connectivity index (χ4n) is 2.75. The average molecular weight is 319 g/mol. The SMILES string of the molecule is NNC(c1ccc(Br)cn1)C1CCc2cccnc21. The zero-order chi connectivity index (χ0) is 13.2. The van der Waals surface area contributed by atoms with Crippen LogP contribution in [0, 0.1) is 0 Å². The highest BCUT2D eigenvalue weighted by atomic mass is 79.9. The first-order valence-electron chi connectivity index (χ1n) is 6.31. The van der Waals surface area contributed by atoms with Gasteiger partial charge in [0.05, 0.1) is 11.7 Å². The molecular weight excluding hydrogens is 304 g/mol. The van der Waals surface area contributed by atoms with Gasteiger partial charge in [-0.3, -0.25) is 21.2 Å². The summed E-state index contributed by atoms with van der Waals surface area (Å²) in [6, 6.07) is 8.12. The number of halogens is 1. The number of nitrogens with one attached hydrogen (secondary N) is 1. The molecule has 0 saturated carbocycles. The summed E-state index contributed by atoms with van der Waals surface area (Å²) in [5, 5.41) is 0. The minimum absolute atomic E-state index is 0.00394. The van der Waals surface area contributed by atoms with Gasteiger partial charge >= 0.3 is 0 Å². The van der Waals surface area contributed by atoms with Crippen molar-refractivity contribution in [3.8, 4) is 0 Å². The monoisotopic (exact) mass is 318 g/mol. The number of nitrogens with two attached hydrogens (primary N) is 1. The topological polar surface area (TPSA) is 63.8 Å². The summed E-state index contributed by atoms with van der Waals surface area (Å²) in [6.07, 6.45) is 5.76. The van der Waals surface area contributed by atoms with E-state index >= 15 is 0 Å². The summed E-state index contributed by atoms with van der Waals surface area (Å²) in [7, 11) is 0. The molecule has 2 aromatic heterocycles. The van der Waals surface area contributed by atoms with Gasteiger partial charge in [-0.1, -0.05) is 6.07 Å². The van der Waals surface area contributed by atoms with E-state index in [0.29, 0.717) is 0 Å². The number of hydrazine groups is 1. The fourth-order valence-corrected chi connectivity index (χ4v) is 2.98. The molecule has 0 aromatic carbocycles. The molecule has 98 valence electrons. The molecule has 0 saturated heterocycles. The van der Waals surface area contributed by atoms with Crippen LogP contribution in [-0.2, 0) is 6.42 Å². The van der Waals surface area contributed by atoms with E-state index in [4.69, 9.17) is 5.84 Å². The summed E-state index contributed by atoms with van der Waals surface area (Å²) >= 11 is 3.40. The molecule has 4 nitrogen and oxygen atoms in total. The number of aromatic nitrogens is 2. The highest BCUT2D eigenvalue weighted by molar-refractivity contribution is 9.10. The molecule has 0 fully saturated rings. The first-order valence-corrected chi connectivity index (χ1v) is 7.10. The van der Waals surface area contributed by atoms with E-state index in [2.05, 4.69) is 37.4 Å². The smallest absolute Gasteiger partial charge is 0.0715 e. The van der Waals surface area contributed by atoms with Crippen LogP contribution in [0.1, 0.15) is 35.3 Å². The molecule has 19 heavy (non-hydrogen) atoms. The van der Waals surface area contributed by atoms with Gasteiger partial charge in [0.25, 0.3) is 0 Å². The van der Waals surface area contributed by atoms with Crippen molar-refractivity contribution in [2.24, 2.45) is 5.84 Å². The van der Waals surface area contributed by atoms with Crippen LogP contribution in [0.4, 0.5) is 0 Å². The number of nitrogens with zero attached hydrogens (tertiary/aromatic N) is 2. The first-order chi connectivity index (χ1) is 9.29. The Morgan fingerprint density at radius 1 is 1.32 bits per heavy atom. The Morgan fingerprint density at radius 2 is 2.21 bits per heavy atom. The Morgan fingerprint density at radius 3 is 2.95 bits per heavy atom. The second-order valence-electron chi connectivity index (χ2n) is 4.74. The van der Waals surface area contributed by atoms with Crippen molar-refractivity contribution in [3.05, 3.63) is 58.1 Å². The molecule has 0 bridgehead atoms. The molecule has 3 N–H and O–H groups in total. The number of hydrogen-bond donors (Lipinski definition) is 2. The molecule has 0 amide bonds. The van der Waals surface area contributed by atoms with Crippen molar-refractivity contribution in [1.82, 2.24) is 15.4 Å². The Labute approximate surface area is 120 Å². The number of pyridine rings is 2. The highest BCUT2D eigenvalue weighted by Crippen LogP contribution is 2.39. The second-order valence-corrected chi connectivity index (χ2v) is 5.65. The lowest BCUT2D eigenvalue weighted by Crippen LogP contribution is -2.32. The van der Waals surface area contributed by atoms with Crippen LogP contribution in [0.15, 0.2) is 41.1 Å². The van der Waals surface area contributed by atoms with Crippen LogP contribution >= 0.6 is 15.9 Å². The maximum Gasteiger partial charge on any atom is 0.0715 e. The molecule has 2 aromatic rings. The van der Waals surface area contributed by atoms with Gasteiger partial charge in [-0.05, 0) is 52.5 Å². The van der Waals surface area contributed by atoms with E-state index in [1.54, 1.807) is 6.20 Å².